The minimum absolute atomic E-state index is 0.0260. The summed E-state index contributed by atoms with van der Waals surface area (Å²) >= 11 is 0. The van der Waals surface area contributed by atoms with Crippen LogP contribution in [0.3, 0.4) is 0 Å². The van der Waals surface area contributed by atoms with Crippen molar-refractivity contribution in [2.24, 2.45) is 11.7 Å². The molecule has 1 aliphatic carbocycles. The Bertz CT molecular complexity index is 1340. The van der Waals surface area contributed by atoms with Crippen LogP contribution in [-0.2, 0) is 11.2 Å². The average molecular weight is 398 g/mol. The lowest BCUT2D eigenvalue weighted by Crippen LogP contribution is -2.26. The number of para-hydroxylation sites is 1. The topological polar surface area (TPSA) is 112 Å². The van der Waals surface area contributed by atoms with Crippen molar-refractivity contribution in [1.29, 1.82) is 0 Å². The summed E-state index contributed by atoms with van der Waals surface area (Å²) in [5.41, 5.74) is 18.2. The maximum absolute atomic E-state index is 11.7. The van der Waals surface area contributed by atoms with Gasteiger partial charge in [-0.3, -0.25) is 9.78 Å². The minimum Gasteiger partial charge on any atom is -0.382 e. The van der Waals surface area contributed by atoms with Crippen molar-refractivity contribution < 1.29 is 4.79 Å². The fraction of sp³-hybridized carbons (Fsp3) is 0.217. The van der Waals surface area contributed by atoms with Gasteiger partial charge in [-0.1, -0.05) is 31.7 Å². The number of carbonyl (C=O) groups is 1. The molecule has 0 fully saturated rings. The summed E-state index contributed by atoms with van der Waals surface area (Å²) in [4.78, 5) is 20.6. The summed E-state index contributed by atoms with van der Waals surface area (Å²) in [7, 11) is 0. The normalized spacial score (nSPS) is 18.4. The van der Waals surface area contributed by atoms with Gasteiger partial charge < -0.3 is 11.5 Å². The Labute approximate surface area is 173 Å². The van der Waals surface area contributed by atoms with E-state index in [2.05, 4.69) is 34.6 Å². The smallest absolute Gasteiger partial charge is 0.244 e. The number of nitrogens with two attached hydrogens (primary N) is 2. The molecule has 0 bridgehead atoms. The highest BCUT2D eigenvalue weighted by Crippen LogP contribution is 2.46. The molecule has 0 spiro atoms. The predicted octanol–water partition coefficient (Wildman–Crippen LogP) is 3.23. The van der Waals surface area contributed by atoms with Gasteiger partial charge in [0.25, 0.3) is 0 Å². The van der Waals surface area contributed by atoms with Gasteiger partial charge >= 0.3 is 0 Å². The molecule has 3 heterocycles. The third kappa shape index (κ3) is 2.66. The van der Waals surface area contributed by atoms with E-state index in [1.165, 1.54) is 11.9 Å². The Morgan fingerprint density at radius 3 is 2.87 bits per heavy atom. The van der Waals surface area contributed by atoms with Crippen LogP contribution in [-0.4, -0.2) is 25.5 Å². The third-order valence-electron chi connectivity index (χ3n) is 6.15. The number of anilines is 1. The van der Waals surface area contributed by atoms with Gasteiger partial charge in [-0.25, -0.2) is 9.50 Å². The van der Waals surface area contributed by atoms with E-state index in [0.29, 0.717) is 17.8 Å². The second kappa shape index (κ2) is 6.66. The number of aromatic nitrogens is 4. The molecule has 3 aromatic heterocycles. The van der Waals surface area contributed by atoms with Crippen LogP contribution in [0.15, 0.2) is 55.0 Å². The quantitative estimate of drug-likeness (QED) is 0.515. The molecular formula is C23H22N6O. The lowest BCUT2D eigenvalue weighted by molar-refractivity contribution is -0.115. The minimum atomic E-state index is -0.454. The summed E-state index contributed by atoms with van der Waals surface area (Å²) in [6, 6.07) is 10.1. The summed E-state index contributed by atoms with van der Waals surface area (Å²) in [6.07, 6.45) is 4.75. The maximum atomic E-state index is 11.7. The van der Waals surface area contributed by atoms with Crippen molar-refractivity contribution in [2.45, 2.75) is 25.7 Å². The first-order valence-corrected chi connectivity index (χ1v) is 9.93. The molecular weight excluding hydrogens is 376 g/mol. The maximum Gasteiger partial charge on any atom is 0.244 e. The van der Waals surface area contributed by atoms with Crippen molar-refractivity contribution in [2.75, 3.05) is 5.73 Å². The van der Waals surface area contributed by atoms with Crippen LogP contribution in [0.2, 0.25) is 0 Å². The van der Waals surface area contributed by atoms with Crippen LogP contribution in [0.1, 0.15) is 30.5 Å². The highest BCUT2D eigenvalue weighted by Gasteiger charge is 2.34. The van der Waals surface area contributed by atoms with Crippen LogP contribution < -0.4 is 11.5 Å². The monoisotopic (exact) mass is 398 g/mol. The van der Waals surface area contributed by atoms with Crippen molar-refractivity contribution in [3.05, 3.63) is 66.3 Å². The summed E-state index contributed by atoms with van der Waals surface area (Å²) in [5, 5.41) is 5.55. The SMILES string of the molecule is C=C(C(N)=O)C1Cc2c(c(-c3cnc4ccccc4c3)c3c(N)ncnn23)C(C)C1. The number of fused-ring (bicyclic) bond motifs is 4. The number of hydrogen-bond acceptors (Lipinski definition) is 5. The number of hydrogen-bond donors (Lipinski definition) is 2. The summed E-state index contributed by atoms with van der Waals surface area (Å²) in [5.74, 6) is 0.101. The zero-order valence-corrected chi connectivity index (χ0v) is 16.7. The Morgan fingerprint density at radius 2 is 2.07 bits per heavy atom. The Balaban J connectivity index is 1.78. The molecule has 5 rings (SSSR count). The first-order chi connectivity index (χ1) is 14.5. The molecule has 2 unspecified atom stereocenters. The lowest BCUT2D eigenvalue weighted by Gasteiger charge is -2.28. The molecule has 30 heavy (non-hydrogen) atoms. The number of pyridine rings is 1. The molecule has 1 aromatic carbocycles. The second-order valence-corrected chi connectivity index (χ2v) is 7.99. The first kappa shape index (κ1) is 18.3. The van der Waals surface area contributed by atoms with Gasteiger partial charge in [0.2, 0.25) is 5.91 Å². The number of rotatable bonds is 3. The van der Waals surface area contributed by atoms with Crippen molar-refractivity contribution in [1.82, 2.24) is 19.6 Å². The van der Waals surface area contributed by atoms with Crippen LogP contribution >= 0.6 is 0 Å². The zero-order valence-electron chi connectivity index (χ0n) is 16.7. The number of nitrogens with zero attached hydrogens (tertiary/aromatic N) is 4. The zero-order chi connectivity index (χ0) is 21.0. The summed E-state index contributed by atoms with van der Waals surface area (Å²) in [6.45, 7) is 6.08. The number of benzene rings is 1. The van der Waals surface area contributed by atoms with Crippen LogP contribution in [0.25, 0.3) is 27.5 Å². The van der Waals surface area contributed by atoms with E-state index in [1.54, 1.807) is 0 Å². The van der Waals surface area contributed by atoms with E-state index in [9.17, 15) is 4.79 Å². The van der Waals surface area contributed by atoms with Gasteiger partial charge in [0, 0.05) is 34.0 Å². The van der Waals surface area contributed by atoms with Gasteiger partial charge in [-0.15, -0.1) is 0 Å². The van der Waals surface area contributed by atoms with Gasteiger partial charge in [0.05, 0.1) is 5.52 Å². The number of carbonyl (C=O) groups excluding carboxylic acids is 1. The highest BCUT2D eigenvalue weighted by atomic mass is 16.1. The largest absolute Gasteiger partial charge is 0.382 e. The van der Waals surface area contributed by atoms with E-state index >= 15 is 0 Å². The Morgan fingerprint density at radius 1 is 1.27 bits per heavy atom. The van der Waals surface area contributed by atoms with Crippen molar-refractivity contribution in [3.63, 3.8) is 0 Å². The fourth-order valence-electron chi connectivity index (χ4n) is 4.75. The number of primary amides is 1. The molecule has 0 saturated carbocycles. The molecule has 150 valence electrons. The number of nitrogen functional groups attached to an aromatic ring is 1. The Kier molecular flexibility index (Phi) is 4.06. The van der Waals surface area contributed by atoms with E-state index < -0.39 is 5.91 Å². The summed E-state index contributed by atoms with van der Waals surface area (Å²) < 4.78 is 1.86. The lowest BCUT2D eigenvalue weighted by atomic mass is 9.76. The second-order valence-electron chi connectivity index (χ2n) is 7.99. The molecule has 4 N–H and O–H groups in total. The molecule has 7 heteroatoms. The molecule has 7 nitrogen and oxygen atoms in total. The third-order valence-corrected chi connectivity index (χ3v) is 6.15. The average Bonchev–Trinajstić information content (AvgIpc) is 3.09. The molecule has 0 saturated heterocycles. The number of amides is 1. The molecule has 1 amide bonds. The molecule has 2 atom stereocenters. The highest BCUT2D eigenvalue weighted by molar-refractivity contribution is 5.95. The van der Waals surface area contributed by atoms with E-state index in [4.69, 9.17) is 11.5 Å². The first-order valence-electron chi connectivity index (χ1n) is 9.93. The molecule has 0 aliphatic heterocycles. The van der Waals surface area contributed by atoms with E-state index in [1.807, 2.05) is 35.0 Å². The predicted molar refractivity (Wildman–Crippen MR) is 117 cm³/mol. The van der Waals surface area contributed by atoms with Gasteiger partial charge in [0.1, 0.15) is 11.8 Å². The van der Waals surface area contributed by atoms with E-state index in [-0.39, 0.29) is 11.8 Å². The van der Waals surface area contributed by atoms with Gasteiger partial charge in [0.15, 0.2) is 5.82 Å². The van der Waals surface area contributed by atoms with Gasteiger partial charge in [-0.05, 0) is 42.4 Å². The van der Waals surface area contributed by atoms with Crippen LogP contribution in [0.5, 0.6) is 0 Å². The fourth-order valence-corrected chi connectivity index (χ4v) is 4.75. The molecule has 0 radical (unpaired) electrons. The van der Waals surface area contributed by atoms with E-state index in [0.717, 1.165) is 39.7 Å². The standard InChI is InChI=1S/C23H22N6O/c1-12-7-15(13(2)23(25)30)9-18-19(12)20(21-22(24)27-11-28-29(18)21)16-8-14-5-3-4-6-17(14)26-10-16/h3-6,8,10-12,15H,2,7,9H2,1H3,(H2,25,30)(H2,24,27,28). The molecule has 1 aliphatic rings. The Hall–Kier alpha value is -3.74. The molecule has 4 aromatic rings. The van der Waals surface area contributed by atoms with Crippen LogP contribution in [0, 0.1) is 5.92 Å². The van der Waals surface area contributed by atoms with Crippen LogP contribution in [0.4, 0.5) is 5.82 Å². The van der Waals surface area contributed by atoms with Gasteiger partial charge in [-0.2, -0.15) is 5.10 Å². The van der Waals surface area contributed by atoms with Crippen molar-refractivity contribution >= 4 is 28.1 Å². The van der Waals surface area contributed by atoms with Crippen molar-refractivity contribution in [3.8, 4) is 11.1 Å².